The van der Waals surface area contributed by atoms with Crippen LogP contribution in [0.3, 0.4) is 0 Å². The summed E-state index contributed by atoms with van der Waals surface area (Å²) in [5, 5.41) is 2.87. The summed E-state index contributed by atoms with van der Waals surface area (Å²) >= 11 is 6.58. The molecule has 7 heterocycles. The van der Waals surface area contributed by atoms with Gasteiger partial charge in [0.2, 0.25) is 0 Å². The third-order valence-corrected chi connectivity index (χ3v) is 10.5. The Balaban J connectivity index is 1.40. The van der Waals surface area contributed by atoms with Crippen molar-refractivity contribution in [2.24, 2.45) is 5.92 Å². The number of nitrogens with two attached hydrogens (primary N) is 1. The number of nitrogens with zero attached hydrogens (tertiary/aromatic N) is 5. The number of pyridine rings is 1. The van der Waals surface area contributed by atoms with E-state index >= 15 is 4.39 Å². The quantitative estimate of drug-likeness (QED) is 0.275. The van der Waals surface area contributed by atoms with E-state index in [-0.39, 0.29) is 60.6 Å². The number of alkyl halides is 4. The first-order valence-corrected chi connectivity index (χ1v) is 16.1. The first-order valence-electron chi connectivity index (χ1n) is 15.8. The summed E-state index contributed by atoms with van der Waals surface area (Å²) < 4.78 is 108. The van der Waals surface area contributed by atoms with Crippen LogP contribution in [-0.2, 0) is 6.18 Å². The second-order valence-corrected chi connectivity index (χ2v) is 13.9. The lowest BCUT2D eigenvalue weighted by molar-refractivity contribution is -0.137. The third kappa shape index (κ3) is 5.81. The molecule has 3 N–H and O–H groups in total. The van der Waals surface area contributed by atoms with E-state index < -0.39 is 62.7 Å². The van der Waals surface area contributed by atoms with Crippen molar-refractivity contribution in [2.45, 2.75) is 62.5 Å². The van der Waals surface area contributed by atoms with E-state index in [0.717, 1.165) is 18.6 Å². The molecule has 0 saturated carbocycles. The molecule has 0 radical (unpaired) electrons. The van der Waals surface area contributed by atoms with Gasteiger partial charge in [-0.05, 0) is 62.8 Å². The number of benzene rings is 1. The highest BCUT2D eigenvalue weighted by molar-refractivity contribution is 6.34. The number of nitrogens with one attached hydrogen (secondary N) is 1. The number of fused-ring (bicyclic) bond motifs is 6. The predicted octanol–water partition coefficient (Wildman–Crippen LogP) is 6.69. The van der Waals surface area contributed by atoms with E-state index in [9.17, 15) is 26.3 Å². The Morgan fingerprint density at radius 1 is 1.19 bits per heavy atom. The Kier molecular flexibility index (Phi) is 8.18. The topological polar surface area (TPSA) is 92.4 Å². The first kappa shape index (κ1) is 33.1. The van der Waals surface area contributed by atoms with Gasteiger partial charge in [-0.15, -0.1) is 0 Å². The van der Waals surface area contributed by atoms with Crippen molar-refractivity contribution in [1.82, 2.24) is 25.2 Å². The van der Waals surface area contributed by atoms with Gasteiger partial charge in [-0.3, -0.25) is 4.90 Å². The minimum absolute atomic E-state index is 0.00145. The van der Waals surface area contributed by atoms with Crippen LogP contribution < -0.4 is 20.7 Å². The van der Waals surface area contributed by atoms with Crippen LogP contribution >= 0.6 is 11.6 Å². The van der Waals surface area contributed by atoms with Crippen LogP contribution in [0.1, 0.15) is 43.2 Å². The van der Waals surface area contributed by atoms with Gasteiger partial charge in [0.1, 0.15) is 29.9 Å². The molecular formula is C32H33ClF7N7O. The van der Waals surface area contributed by atoms with Gasteiger partial charge in [-0.25, -0.2) is 13.8 Å². The van der Waals surface area contributed by atoms with Crippen LogP contribution in [0.4, 0.5) is 42.4 Å². The fraction of sp³-hybridized carbons (Fsp3) is 0.531. The third-order valence-electron chi connectivity index (χ3n) is 10.2. The van der Waals surface area contributed by atoms with Crippen molar-refractivity contribution < 1.29 is 35.5 Å². The Labute approximate surface area is 276 Å². The Morgan fingerprint density at radius 3 is 2.69 bits per heavy atom. The molecule has 5 aliphatic heterocycles. The minimum Gasteiger partial charge on any atom is -0.461 e. The van der Waals surface area contributed by atoms with Gasteiger partial charge in [0, 0.05) is 44.1 Å². The van der Waals surface area contributed by atoms with E-state index in [1.165, 1.54) is 13.0 Å². The highest BCUT2D eigenvalue weighted by atomic mass is 35.5. The standard InChI is InChI=1S/C32H33ClF7N7O/c1-16-7-22(41)43-27(24(16)32(38,39)40)23-20(33)8-19-26(25(23)37)44-29(48-15-31-4-2-6-47(31)13-18(34)9-31)45-28(19)46-12-17-3-5-30(14-46,42-11-17)10-21(35)36/h7-8,10,17-18,42H,2-6,9,11-15H2,1H3,(H2,41,43)/t17-,18-,30-,31?/m1/s1. The molecular weight excluding hydrogens is 667 g/mol. The maximum Gasteiger partial charge on any atom is 0.418 e. The molecule has 4 atom stereocenters. The second-order valence-electron chi connectivity index (χ2n) is 13.5. The number of hydrogen-bond donors (Lipinski definition) is 2. The Hall–Kier alpha value is -3.43. The zero-order chi connectivity index (χ0) is 34.2. The molecule has 8 nitrogen and oxygen atoms in total. The molecule has 2 bridgehead atoms. The number of piperidine rings is 1. The maximum atomic E-state index is 16.8. The molecule has 8 rings (SSSR count). The fourth-order valence-corrected chi connectivity index (χ4v) is 8.39. The van der Waals surface area contributed by atoms with Gasteiger partial charge in [-0.2, -0.15) is 31.9 Å². The molecule has 5 fully saturated rings. The predicted molar refractivity (Wildman–Crippen MR) is 166 cm³/mol. The largest absolute Gasteiger partial charge is 0.461 e. The summed E-state index contributed by atoms with van der Waals surface area (Å²) in [6, 6.07) is 2.01. The molecule has 1 aromatic carbocycles. The van der Waals surface area contributed by atoms with Gasteiger partial charge in [-0.1, -0.05) is 11.6 Å². The monoisotopic (exact) mass is 699 g/mol. The number of hydrogen-bond acceptors (Lipinski definition) is 8. The van der Waals surface area contributed by atoms with Crippen LogP contribution in [0, 0.1) is 18.7 Å². The maximum absolute atomic E-state index is 16.8. The number of aryl methyl sites for hydroxylation is 1. The average molecular weight is 700 g/mol. The highest BCUT2D eigenvalue weighted by Gasteiger charge is 2.49. The molecule has 258 valence electrons. The van der Waals surface area contributed by atoms with Crippen molar-refractivity contribution in [3.63, 3.8) is 0 Å². The highest BCUT2D eigenvalue weighted by Crippen LogP contribution is 2.46. The summed E-state index contributed by atoms with van der Waals surface area (Å²) in [6.07, 6.45) is -4.13. The second kappa shape index (κ2) is 11.9. The van der Waals surface area contributed by atoms with E-state index in [0.29, 0.717) is 38.9 Å². The van der Waals surface area contributed by atoms with Gasteiger partial charge in [0.05, 0.1) is 32.9 Å². The molecule has 3 aromatic rings. The van der Waals surface area contributed by atoms with Crippen molar-refractivity contribution >= 4 is 34.1 Å². The molecule has 16 heteroatoms. The molecule has 48 heavy (non-hydrogen) atoms. The Morgan fingerprint density at radius 2 is 1.98 bits per heavy atom. The molecule has 2 aromatic heterocycles. The van der Waals surface area contributed by atoms with Crippen molar-refractivity contribution in [3.05, 3.63) is 46.3 Å². The van der Waals surface area contributed by atoms with Crippen LogP contribution in [-0.4, -0.2) is 76.4 Å². The lowest BCUT2D eigenvalue weighted by Crippen LogP contribution is -2.52. The zero-order valence-electron chi connectivity index (χ0n) is 25.9. The summed E-state index contributed by atoms with van der Waals surface area (Å²) in [7, 11) is 0. The molecule has 5 saturated heterocycles. The number of rotatable bonds is 6. The number of ether oxygens (including phenoxy) is 1. The molecule has 5 aliphatic rings. The van der Waals surface area contributed by atoms with Gasteiger partial charge in [0.25, 0.3) is 6.08 Å². The van der Waals surface area contributed by atoms with E-state index in [1.807, 2.05) is 4.90 Å². The van der Waals surface area contributed by atoms with Crippen molar-refractivity contribution in [2.75, 3.05) is 50.0 Å². The normalized spacial score (nSPS) is 27.4. The minimum atomic E-state index is -4.93. The Bertz CT molecular complexity index is 1800. The lowest BCUT2D eigenvalue weighted by Gasteiger charge is -2.35. The van der Waals surface area contributed by atoms with Crippen molar-refractivity contribution in [1.29, 1.82) is 0 Å². The van der Waals surface area contributed by atoms with Gasteiger partial charge in [0.15, 0.2) is 5.82 Å². The summed E-state index contributed by atoms with van der Waals surface area (Å²) in [4.78, 5) is 16.6. The van der Waals surface area contributed by atoms with Crippen LogP contribution in [0.25, 0.3) is 22.2 Å². The molecule has 1 unspecified atom stereocenters. The number of anilines is 2. The van der Waals surface area contributed by atoms with E-state index in [4.69, 9.17) is 22.1 Å². The SMILES string of the molecule is Cc1cc(N)nc(-c2c(Cl)cc3c(N4C[C@@H]5CC[C@@](C=C(F)F)(C4)NC5)nc(OCC45CCCN4C[C@H](F)C5)nc3c2F)c1C(F)(F)F. The smallest absolute Gasteiger partial charge is 0.418 e. The van der Waals surface area contributed by atoms with Crippen LogP contribution in [0.5, 0.6) is 6.01 Å². The molecule has 0 amide bonds. The molecule has 0 spiro atoms. The van der Waals surface area contributed by atoms with E-state index in [2.05, 4.69) is 20.3 Å². The number of halogens is 8. The zero-order valence-corrected chi connectivity index (χ0v) is 26.7. The number of nitrogen functional groups attached to an aromatic ring is 1. The summed E-state index contributed by atoms with van der Waals surface area (Å²) in [5.41, 5.74) is 0.769. The summed E-state index contributed by atoms with van der Waals surface area (Å²) in [5.74, 6) is -1.32. The van der Waals surface area contributed by atoms with Crippen LogP contribution in [0.2, 0.25) is 5.02 Å². The molecule has 0 aliphatic carbocycles. The lowest BCUT2D eigenvalue weighted by atomic mass is 9.86. The van der Waals surface area contributed by atoms with Crippen molar-refractivity contribution in [3.8, 4) is 17.3 Å². The van der Waals surface area contributed by atoms with Gasteiger partial charge >= 0.3 is 12.2 Å². The summed E-state index contributed by atoms with van der Waals surface area (Å²) in [6.45, 7) is 2.99. The van der Waals surface area contributed by atoms with E-state index in [1.54, 1.807) is 4.90 Å². The number of aromatic nitrogens is 3. The fourth-order valence-electron chi connectivity index (χ4n) is 8.11. The first-order chi connectivity index (χ1) is 22.7. The van der Waals surface area contributed by atoms with Gasteiger partial charge < -0.3 is 20.7 Å². The van der Waals surface area contributed by atoms with Crippen LogP contribution in [0.15, 0.2) is 24.3 Å². The average Bonchev–Trinajstić information content (AvgIpc) is 3.37.